The molecule has 2 N–H and O–H groups in total. The molecule has 0 aliphatic heterocycles. The van der Waals surface area contributed by atoms with Crippen LogP contribution in [0.1, 0.15) is 41.5 Å². The van der Waals surface area contributed by atoms with Crippen molar-refractivity contribution in [3.8, 4) is 0 Å². The third-order valence-corrected chi connectivity index (χ3v) is 1.06. The Kier molecular flexibility index (Phi) is 11.5. The topological polar surface area (TPSA) is 24.1 Å². The van der Waals surface area contributed by atoms with Crippen molar-refractivity contribution in [1.82, 2.24) is 10.6 Å². The maximum absolute atomic E-state index is 3.51. The fourth-order valence-electron chi connectivity index (χ4n) is 0. The van der Waals surface area contributed by atoms with Crippen molar-refractivity contribution in [1.29, 1.82) is 0 Å². The summed E-state index contributed by atoms with van der Waals surface area (Å²) in [5, 5.41) is 5.71. The molecular formula is C10H24FeN2. The van der Waals surface area contributed by atoms with Crippen LogP contribution in [0, 0.1) is 14.1 Å². The van der Waals surface area contributed by atoms with Crippen molar-refractivity contribution in [2.75, 3.05) is 0 Å². The van der Waals surface area contributed by atoms with Gasteiger partial charge in [-0.25, -0.2) is 0 Å². The average molecular weight is 228 g/mol. The average Bonchev–Trinajstić information content (AvgIpc) is 1.86. The van der Waals surface area contributed by atoms with Gasteiger partial charge in [-0.2, -0.15) is 0 Å². The van der Waals surface area contributed by atoms with Gasteiger partial charge < -0.3 is 10.6 Å². The number of hydrogen-bond acceptors (Lipinski definition) is 2. The first-order valence-corrected chi connectivity index (χ1v) is 4.21. The van der Waals surface area contributed by atoms with Gasteiger partial charge in [0.2, 0.25) is 0 Å². The van der Waals surface area contributed by atoms with E-state index in [1.54, 1.807) is 0 Å². The van der Waals surface area contributed by atoms with Crippen molar-refractivity contribution in [3.05, 3.63) is 14.1 Å². The van der Waals surface area contributed by atoms with Crippen molar-refractivity contribution < 1.29 is 17.1 Å². The first-order valence-electron chi connectivity index (χ1n) is 4.21. The van der Waals surface area contributed by atoms with Crippen LogP contribution in [0.4, 0.5) is 0 Å². The predicted molar refractivity (Wildman–Crippen MR) is 56.5 cm³/mol. The van der Waals surface area contributed by atoms with Gasteiger partial charge in [-0.3, -0.25) is 14.1 Å². The van der Waals surface area contributed by atoms with Crippen LogP contribution in [-0.4, -0.2) is 11.1 Å². The molecule has 0 fully saturated rings. The minimum atomic E-state index is 0. The van der Waals surface area contributed by atoms with E-state index in [1.165, 1.54) is 0 Å². The Morgan fingerprint density at radius 1 is 0.692 bits per heavy atom. The third-order valence-electron chi connectivity index (χ3n) is 1.06. The molecule has 0 rings (SSSR count). The second kappa shape index (κ2) is 7.81. The van der Waals surface area contributed by atoms with Crippen molar-refractivity contribution >= 4 is 0 Å². The largest absolute Gasteiger partial charge is 2.00 e. The van der Waals surface area contributed by atoms with Gasteiger partial charge in [-0.05, 0) is 52.6 Å². The van der Waals surface area contributed by atoms with Gasteiger partial charge in [0.05, 0.1) is 0 Å². The zero-order valence-electron chi connectivity index (χ0n) is 9.77. The summed E-state index contributed by atoms with van der Waals surface area (Å²) in [6.07, 6.45) is 0. The van der Waals surface area contributed by atoms with Crippen LogP contribution in [0.15, 0.2) is 0 Å². The molecule has 0 heterocycles. The van der Waals surface area contributed by atoms with Gasteiger partial charge in [0, 0.05) is 0 Å². The molecule has 0 spiro atoms. The number of hydrogen-bond donors (Lipinski definition) is 2. The monoisotopic (exact) mass is 228 g/mol. The minimum absolute atomic E-state index is 0. The van der Waals surface area contributed by atoms with E-state index in [0.717, 1.165) is 0 Å². The quantitative estimate of drug-likeness (QED) is 0.491. The Morgan fingerprint density at radius 3 is 0.769 bits per heavy atom. The van der Waals surface area contributed by atoms with E-state index in [4.69, 9.17) is 0 Å². The summed E-state index contributed by atoms with van der Waals surface area (Å²) in [6, 6.07) is 0. The fraction of sp³-hybridized carbons (Fsp3) is 0.800. The van der Waals surface area contributed by atoms with E-state index >= 15 is 0 Å². The van der Waals surface area contributed by atoms with E-state index in [2.05, 4.69) is 66.3 Å². The molecule has 0 aliphatic rings. The molecule has 13 heavy (non-hydrogen) atoms. The number of rotatable bonds is 0. The molecule has 0 atom stereocenters. The summed E-state index contributed by atoms with van der Waals surface area (Å²) in [7, 11) is 7.01. The summed E-state index contributed by atoms with van der Waals surface area (Å²) >= 11 is 0. The molecule has 0 unspecified atom stereocenters. The normalized spacial score (nSPS) is 11.1. The Balaban J connectivity index is -0.000000143. The minimum Gasteiger partial charge on any atom is -0.468 e. The van der Waals surface area contributed by atoms with Crippen LogP contribution < -0.4 is 10.6 Å². The molecule has 0 saturated carbocycles. The first kappa shape index (κ1) is 19.1. The van der Waals surface area contributed by atoms with Gasteiger partial charge in [-0.1, -0.05) is 0 Å². The Hall–Kier alpha value is 0.439. The zero-order chi connectivity index (χ0) is 10.4. The van der Waals surface area contributed by atoms with E-state index in [9.17, 15) is 0 Å². The molecule has 0 aromatic rings. The maximum atomic E-state index is 3.51. The molecule has 82 valence electrons. The summed E-state index contributed by atoms with van der Waals surface area (Å²) < 4.78 is 0. The predicted octanol–water partition coefficient (Wildman–Crippen LogP) is 2.33. The van der Waals surface area contributed by atoms with Crippen molar-refractivity contribution in [3.63, 3.8) is 0 Å². The second-order valence-electron chi connectivity index (χ2n) is 4.85. The Labute approximate surface area is 94.7 Å². The summed E-state index contributed by atoms with van der Waals surface area (Å²) in [4.78, 5) is 0. The first-order chi connectivity index (χ1) is 5.12. The molecule has 0 aromatic carbocycles. The molecule has 0 aromatic heterocycles. The molecule has 0 bridgehead atoms. The molecular weight excluding hydrogens is 204 g/mol. The van der Waals surface area contributed by atoms with Crippen LogP contribution >= 0.6 is 0 Å². The molecule has 3 heteroatoms. The molecule has 0 saturated heterocycles. The number of nitrogens with one attached hydrogen (secondary N) is 2. The second-order valence-corrected chi connectivity index (χ2v) is 4.85. The Morgan fingerprint density at radius 2 is 0.769 bits per heavy atom. The van der Waals surface area contributed by atoms with Gasteiger partial charge in [0.1, 0.15) is 0 Å². The van der Waals surface area contributed by atoms with Crippen LogP contribution in [0.25, 0.3) is 0 Å². The van der Waals surface area contributed by atoms with E-state index < -0.39 is 0 Å². The molecule has 0 radical (unpaired) electrons. The van der Waals surface area contributed by atoms with Gasteiger partial charge >= 0.3 is 17.1 Å². The van der Waals surface area contributed by atoms with Crippen LogP contribution in [0.5, 0.6) is 0 Å². The third kappa shape index (κ3) is 32.7. The molecule has 2 nitrogen and oxygen atoms in total. The summed E-state index contributed by atoms with van der Waals surface area (Å²) in [5.74, 6) is 0. The van der Waals surface area contributed by atoms with Gasteiger partial charge in [0.25, 0.3) is 0 Å². The zero-order valence-corrected chi connectivity index (χ0v) is 10.9. The standard InChI is InChI=1S/2C5H12N.Fe/c2*1-5(2,3)6-4;/h2*6H,4H2,1-3H3;/q2*-1;+2. The van der Waals surface area contributed by atoms with Crippen LogP contribution in [-0.2, 0) is 17.1 Å². The van der Waals surface area contributed by atoms with Gasteiger partial charge in [-0.15, -0.1) is 0 Å². The van der Waals surface area contributed by atoms with Crippen LogP contribution in [0.3, 0.4) is 0 Å². The summed E-state index contributed by atoms with van der Waals surface area (Å²) in [5.41, 5.74) is 0.361. The smallest absolute Gasteiger partial charge is 0.468 e. The molecule has 0 amide bonds. The maximum Gasteiger partial charge on any atom is 2.00 e. The fourth-order valence-corrected chi connectivity index (χ4v) is 0. The molecule has 0 aliphatic carbocycles. The van der Waals surface area contributed by atoms with E-state index in [-0.39, 0.29) is 28.1 Å². The van der Waals surface area contributed by atoms with E-state index in [1.807, 2.05) is 0 Å². The summed E-state index contributed by atoms with van der Waals surface area (Å²) in [6.45, 7) is 12.4. The SMILES string of the molecule is [CH2-]NC(C)(C)C.[CH2-]NC(C)(C)C.[Fe+2]. The van der Waals surface area contributed by atoms with Crippen molar-refractivity contribution in [2.24, 2.45) is 0 Å². The van der Waals surface area contributed by atoms with Gasteiger partial charge in [0.15, 0.2) is 0 Å². The van der Waals surface area contributed by atoms with Crippen molar-refractivity contribution in [2.45, 2.75) is 52.6 Å². The van der Waals surface area contributed by atoms with Crippen LogP contribution in [0.2, 0.25) is 0 Å². The Bertz CT molecular complexity index is 86.5. The van der Waals surface area contributed by atoms with E-state index in [0.29, 0.717) is 0 Å².